The van der Waals surface area contributed by atoms with E-state index in [2.05, 4.69) is 5.32 Å². The second-order valence-electron chi connectivity index (χ2n) is 6.83. The summed E-state index contributed by atoms with van der Waals surface area (Å²) < 4.78 is 16.1. The molecule has 6 nitrogen and oxygen atoms in total. The van der Waals surface area contributed by atoms with Crippen molar-refractivity contribution in [2.75, 3.05) is 18.7 Å². The lowest BCUT2D eigenvalue weighted by Gasteiger charge is -2.07. The molecule has 4 rings (SSSR count). The van der Waals surface area contributed by atoms with Gasteiger partial charge in [-0.25, -0.2) is 4.79 Å². The molecule has 0 atom stereocenters. The average Bonchev–Trinajstić information content (AvgIpc) is 3.41. The maximum Gasteiger partial charge on any atom is 0.341 e. The van der Waals surface area contributed by atoms with Crippen LogP contribution in [0.4, 0.5) is 5.00 Å². The number of aryl methyl sites for hydroxylation is 1. The van der Waals surface area contributed by atoms with Crippen LogP contribution in [0.25, 0.3) is 0 Å². The molecule has 0 saturated heterocycles. The van der Waals surface area contributed by atoms with E-state index in [1.807, 2.05) is 43.5 Å². The monoisotopic (exact) mass is 443 g/mol. The molecule has 156 valence electrons. The van der Waals surface area contributed by atoms with Gasteiger partial charge >= 0.3 is 5.97 Å². The van der Waals surface area contributed by atoms with Crippen molar-refractivity contribution in [1.82, 2.24) is 0 Å². The van der Waals surface area contributed by atoms with Crippen molar-refractivity contribution in [2.45, 2.75) is 27.2 Å². The predicted octanol–water partition coefficient (Wildman–Crippen LogP) is 5.17. The minimum atomic E-state index is -0.429. The van der Waals surface area contributed by atoms with Crippen molar-refractivity contribution in [1.29, 1.82) is 0 Å². The lowest BCUT2D eigenvalue weighted by molar-refractivity contribution is 0.0527. The van der Waals surface area contributed by atoms with Gasteiger partial charge in [0.25, 0.3) is 5.91 Å². The number of amides is 1. The number of carbonyl (C=O) groups excluding carboxylic acids is 2. The van der Waals surface area contributed by atoms with E-state index in [9.17, 15) is 9.59 Å². The summed E-state index contributed by atoms with van der Waals surface area (Å²) >= 11 is 2.78. The summed E-state index contributed by atoms with van der Waals surface area (Å²) in [5.74, 6) is 0.799. The van der Waals surface area contributed by atoms with Gasteiger partial charge in [-0.1, -0.05) is 6.07 Å². The molecule has 1 aromatic carbocycles. The van der Waals surface area contributed by atoms with Crippen LogP contribution in [-0.4, -0.2) is 25.3 Å². The van der Waals surface area contributed by atoms with Gasteiger partial charge in [0.15, 0.2) is 11.5 Å². The Morgan fingerprint density at radius 1 is 1.17 bits per heavy atom. The maximum atomic E-state index is 12.8. The van der Waals surface area contributed by atoms with Crippen LogP contribution in [-0.2, 0) is 11.2 Å². The molecular weight excluding hydrogens is 422 g/mol. The highest BCUT2D eigenvalue weighted by Gasteiger charge is 2.25. The molecular formula is C22H21NO5S2. The van der Waals surface area contributed by atoms with E-state index in [4.69, 9.17) is 14.2 Å². The van der Waals surface area contributed by atoms with Gasteiger partial charge in [0.1, 0.15) is 5.00 Å². The Morgan fingerprint density at radius 2 is 1.97 bits per heavy atom. The third-order valence-corrected chi connectivity index (χ3v) is 7.04. The van der Waals surface area contributed by atoms with Crippen LogP contribution in [0.15, 0.2) is 29.6 Å². The highest BCUT2D eigenvalue weighted by Crippen LogP contribution is 2.38. The molecule has 3 aromatic rings. The quantitative estimate of drug-likeness (QED) is 0.532. The van der Waals surface area contributed by atoms with Crippen LogP contribution in [0.5, 0.6) is 11.5 Å². The molecule has 0 fully saturated rings. The van der Waals surface area contributed by atoms with Crippen molar-refractivity contribution in [3.05, 3.63) is 61.7 Å². The molecule has 0 unspecified atom stereocenters. The summed E-state index contributed by atoms with van der Waals surface area (Å²) in [4.78, 5) is 27.0. The van der Waals surface area contributed by atoms with Crippen molar-refractivity contribution >= 4 is 39.6 Å². The molecule has 0 saturated carbocycles. The second kappa shape index (κ2) is 8.49. The molecule has 30 heavy (non-hydrogen) atoms. The van der Waals surface area contributed by atoms with Gasteiger partial charge in [-0.3, -0.25) is 4.79 Å². The normalized spacial score (nSPS) is 12.1. The minimum absolute atomic E-state index is 0.219. The van der Waals surface area contributed by atoms with Crippen LogP contribution < -0.4 is 14.8 Å². The molecule has 0 radical (unpaired) electrons. The van der Waals surface area contributed by atoms with E-state index in [1.54, 1.807) is 6.92 Å². The van der Waals surface area contributed by atoms with Crippen LogP contribution in [0, 0.1) is 13.8 Å². The molecule has 3 heterocycles. The molecule has 0 spiro atoms. The number of benzene rings is 1. The first-order valence-corrected chi connectivity index (χ1v) is 11.2. The smallest absolute Gasteiger partial charge is 0.341 e. The Hall–Kier alpha value is -2.84. The molecule has 1 N–H and O–H groups in total. The Balaban J connectivity index is 1.66. The molecule has 8 heteroatoms. The van der Waals surface area contributed by atoms with Gasteiger partial charge < -0.3 is 19.5 Å². The first kappa shape index (κ1) is 20.4. The van der Waals surface area contributed by atoms with Crippen molar-refractivity contribution in [3.8, 4) is 11.5 Å². The number of hydrogen-bond donors (Lipinski definition) is 1. The van der Waals surface area contributed by atoms with Gasteiger partial charge in [-0.15, -0.1) is 22.7 Å². The standard InChI is InChI=1S/C22H21NO5S2/c1-4-26-22(25)18-13(3)17(10-14-5-6-15-16(9-14)28-11-27-15)30-21(18)23-20(24)19-12(2)7-8-29-19/h5-9H,4,10-11H2,1-3H3,(H,23,24). The molecule has 1 aliphatic rings. The third-order valence-electron chi connectivity index (χ3n) is 4.82. The number of ether oxygens (including phenoxy) is 3. The predicted molar refractivity (Wildman–Crippen MR) is 117 cm³/mol. The fraction of sp³-hybridized carbons (Fsp3) is 0.273. The lowest BCUT2D eigenvalue weighted by atomic mass is 10.1. The highest BCUT2D eigenvalue weighted by atomic mass is 32.1. The first-order chi connectivity index (χ1) is 14.5. The molecule has 1 aliphatic heterocycles. The van der Waals surface area contributed by atoms with Crippen LogP contribution in [0.3, 0.4) is 0 Å². The molecule has 0 aliphatic carbocycles. The second-order valence-corrected chi connectivity index (χ2v) is 8.85. The summed E-state index contributed by atoms with van der Waals surface area (Å²) in [5, 5.41) is 5.32. The van der Waals surface area contributed by atoms with Crippen LogP contribution in [0.2, 0.25) is 0 Å². The Labute approximate surface area is 182 Å². The third kappa shape index (κ3) is 3.93. The summed E-state index contributed by atoms with van der Waals surface area (Å²) in [6, 6.07) is 7.70. The van der Waals surface area contributed by atoms with E-state index < -0.39 is 5.97 Å². The fourth-order valence-corrected chi connectivity index (χ4v) is 5.31. The van der Waals surface area contributed by atoms with Gasteiger partial charge in [-0.2, -0.15) is 0 Å². The number of carbonyl (C=O) groups is 2. The zero-order valence-electron chi connectivity index (χ0n) is 16.9. The van der Waals surface area contributed by atoms with Crippen LogP contribution >= 0.6 is 22.7 Å². The number of rotatable bonds is 6. The van der Waals surface area contributed by atoms with Gasteiger partial charge in [-0.05, 0) is 61.0 Å². The maximum absolute atomic E-state index is 12.8. The van der Waals surface area contributed by atoms with E-state index in [0.717, 1.165) is 27.3 Å². The highest BCUT2D eigenvalue weighted by molar-refractivity contribution is 7.17. The Bertz CT molecular complexity index is 1110. The minimum Gasteiger partial charge on any atom is -0.462 e. The number of nitrogens with one attached hydrogen (secondary N) is 1. The fourth-order valence-electron chi connectivity index (χ4n) is 3.27. The molecule has 0 bridgehead atoms. The van der Waals surface area contributed by atoms with Crippen molar-refractivity contribution in [3.63, 3.8) is 0 Å². The number of hydrogen-bond acceptors (Lipinski definition) is 7. The van der Waals surface area contributed by atoms with E-state index >= 15 is 0 Å². The van der Waals surface area contributed by atoms with Gasteiger partial charge in [0.05, 0.1) is 17.0 Å². The summed E-state index contributed by atoms with van der Waals surface area (Å²) in [5.41, 5.74) is 3.17. The lowest BCUT2D eigenvalue weighted by Crippen LogP contribution is -2.14. The summed E-state index contributed by atoms with van der Waals surface area (Å²) in [6.45, 7) is 6.03. The topological polar surface area (TPSA) is 73.9 Å². The average molecular weight is 444 g/mol. The van der Waals surface area contributed by atoms with Gasteiger partial charge in [0.2, 0.25) is 6.79 Å². The Morgan fingerprint density at radius 3 is 2.70 bits per heavy atom. The number of esters is 1. The zero-order valence-corrected chi connectivity index (χ0v) is 18.5. The summed E-state index contributed by atoms with van der Waals surface area (Å²) in [7, 11) is 0. The first-order valence-electron chi connectivity index (χ1n) is 9.51. The molecule has 2 aromatic heterocycles. The Kier molecular flexibility index (Phi) is 5.78. The van der Waals surface area contributed by atoms with Gasteiger partial charge in [0, 0.05) is 11.3 Å². The summed E-state index contributed by atoms with van der Waals surface area (Å²) in [6.07, 6.45) is 0.605. The van der Waals surface area contributed by atoms with E-state index in [-0.39, 0.29) is 19.3 Å². The van der Waals surface area contributed by atoms with E-state index in [0.29, 0.717) is 27.6 Å². The zero-order chi connectivity index (χ0) is 21.3. The molecule has 1 amide bonds. The largest absolute Gasteiger partial charge is 0.462 e. The number of thiophene rings is 2. The van der Waals surface area contributed by atoms with E-state index in [1.165, 1.54) is 22.7 Å². The van der Waals surface area contributed by atoms with Crippen LogP contribution in [0.1, 0.15) is 48.5 Å². The van der Waals surface area contributed by atoms with Crippen molar-refractivity contribution in [2.24, 2.45) is 0 Å². The number of anilines is 1. The SMILES string of the molecule is CCOC(=O)c1c(NC(=O)c2sccc2C)sc(Cc2ccc3c(c2)OCO3)c1C. The van der Waals surface area contributed by atoms with Crippen molar-refractivity contribution < 1.29 is 23.8 Å². The number of fused-ring (bicyclic) bond motifs is 1.